The van der Waals surface area contributed by atoms with E-state index in [2.05, 4.69) is 15.5 Å². The van der Waals surface area contributed by atoms with Crippen LogP contribution >= 0.6 is 11.8 Å². The van der Waals surface area contributed by atoms with Gasteiger partial charge in [-0.05, 0) is 31.2 Å². The van der Waals surface area contributed by atoms with Gasteiger partial charge in [-0.15, -0.1) is 10.2 Å². The van der Waals surface area contributed by atoms with Crippen LogP contribution in [0.3, 0.4) is 0 Å². The van der Waals surface area contributed by atoms with Crippen LogP contribution < -0.4 is 5.32 Å². The first-order valence-electron chi connectivity index (χ1n) is 7.67. The summed E-state index contributed by atoms with van der Waals surface area (Å²) in [7, 11) is 1.87. The number of aryl methyl sites for hydroxylation is 1. The van der Waals surface area contributed by atoms with Gasteiger partial charge in [0.25, 0.3) is 0 Å². The maximum atomic E-state index is 12.9. The lowest BCUT2D eigenvalue weighted by Gasteiger charge is -2.06. The van der Waals surface area contributed by atoms with Crippen molar-refractivity contribution in [3.63, 3.8) is 0 Å². The number of anilines is 1. The lowest BCUT2D eigenvalue weighted by molar-refractivity contribution is -0.113. The SMILES string of the molecule is Cc1ccc(-c2nnc(SCC(=O)Nc3ccc(F)cc3)n2C)cc1. The van der Waals surface area contributed by atoms with Gasteiger partial charge in [-0.25, -0.2) is 4.39 Å². The van der Waals surface area contributed by atoms with E-state index in [1.165, 1.54) is 41.6 Å². The molecule has 3 rings (SSSR count). The summed E-state index contributed by atoms with van der Waals surface area (Å²) in [5, 5.41) is 11.7. The van der Waals surface area contributed by atoms with Gasteiger partial charge in [0.2, 0.25) is 5.91 Å². The Morgan fingerprint density at radius 2 is 1.80 bits per heavy atom. The molecule has 1 aromatic heterocycles. The summed E-state index contributed by atoms with van der Waals surface area (Å²) in [5.74, 6) is 0.421. The van der Waals surface area contributed by atoms with Gasteiger partial charge in [-0.3, -0.25) is 4.79 Å². The summed E-state index contributed by atoms with van der Waals surface area (Å²) in [6, 6.07) is 13.7. The smallest absolute Gasteiger partial charge is 0.234 e. The molecule has 0 spiro atoms. The Morgan fingerprint density at radius 3 is 2.48 bits per heavy atom. The number of hydrogen-bond donors (Lipinski definition) is 1. The zero-order chi connectivity index (χ0) is 17.8. The lowest BCUT2D eigenvalue weighted by atomic mass is 10.1. The standard InChI is InChI=1S/C18H17FN4OS/c1-12-3-5-13(6-4-12)17-21-22-18(23(17)2)25-11-16(24)20-15-9-7-14(19)8-10-15/h3-10H,11H2,1-2H3,(H,20,24). The van der Waals surface area contributed by atoms with Gasteiger partial charge in [-0.1, -0.05) is 41.6 Å². The molecule has 128 valence electrons. The van der Waals surface area contributed by atoms with Crippen LogP contribution in [0.5, 0.6) is 0 Å². The third kappa shape index (κ3) is 4.24. The van der Waals surface area contributed by atoms with E-state index in [1.54, 1.807) is 0 Å². The summed E-state index contributed by atoms with van der Waals surface area (Å²) >= 11 is 1.30. The number of amides is 1. The Bertz CT molecular complexity index is 875. The highest BCUT2D eigenvalue weighted by Gasteiger charge is 2.13. The van der Waals surface area contributed by atoms with Crippen molar-refractivity contribution in [3.05, 3.63) is 59.9 Å². The maximum absolute atomic E-state index is 12.9. The molecule has 0 aliphatic carbocycles. The minimum atomic E-state index is -0.338. The fraction of sp³-hybridized carbons (Fsp3) is 0.167. The summed E-state index contributed by atoms with van der Waals surface area (Å²) in [6.07, 6.45) is 0. The number of halogens is 1. The summed E-state index contributed by atoms with van der Waals surface area (Å²) in [5.41, 5.74) is 2.71. The molecular formula is C18H17FN4OS. The van der Waals surface area contributed by atoms with Crippen LogP contribution in [0.1, 0.15) is 5.56 Å². The molecule has 0 saturated heterocycles. The molecule has 7 heteroatoms. The molecule has 1 heterocycles. The van der Waals surface area contributed by atoms with Crippen LogP contribution in [0.4, 0.5) is 10.1 Å². The molecular weight excluding hydrogens is 339 g/mol. The predicted octanol–water partition coefficient (Wildman–Crippen LogP) is 3.66. The van der Waals surface area contributed by atoms with E-state index in [4.69, 9.17) is 0 Å². The minimum absolute atomic E-state index is 0.184. The quantitative estimate of drug-likeness (QED) is 0.709. The number of benzene rings is 2. The van der Waals surface area contributed by atoms with Gasteiger partial charge in [0.05, 0.1) is 5.75 Å². The van der Waals surface area contributed by atoms with Gasteiger partial charge in [0, 0.05) is 18.3 Å². The highest BCUT2D eigenvalue weighted by atomic mass is 32.2. The highest BCUT2D eigenvalue weighted by molar-refractivity contribution is 7.99. The van der Waals surface area contributed by atoms with Crippen molar-refractivity contribution in [2.45, 2.75) is 12.1 Å². The third-order valence-corrected chi connectivity index (χ3v) is 4.63. The van der Waals surface area contributed by atoms with E-state index in [9.17, 15) is 9.18 Å². The molecule has 0 saturated carbocycles. The monoisotopic (exact) mass is 356 g/mol. The zero-order valence-corrected chi connectivity index (χ0v) is 14.7. The van der Waals surface area contributed by atoms with Crippen molar-refractivity contribution in [2.75, 3.05) is 11.1 Å². The van der Waals surface area contributed by atoms with E-state index < -0.39 is 0 Å². The first kappa shape index (κ1) is 17.2. The summed E-state index contributed by atoms with van der Waals surface area (Å²) < 4.78 is 14.7. The number of hydrogen-bond acceptors (Lipinski definition) is 4. The van der Waals surface area contributed by atoms with Crippen LogP contribution in [-0.2, 0) is 11.8 Å². The fourth-order valence-electron chi connectivity index (χ4n) is 2.25. The van der Waals surface area contributed by atoms with Crippen LogP contribution in [0.15, 0.2) is 53.7 Å². The molecule has 25 heavy (non-hydrogen) atoms. The topological polar surface area (TPSA) is 59.8 Å². The summed E-state index contributed by atoms with van der Waals surface area (Å²) in [4.78, 5) is 12.0. The Labute approximate surface area is 149 Å². The third-order valence-electron chi connectivity index (χ3n) is 3.61. The van der Waals surface area contributed by atoms with E-state index in [1.807, 2.05) is 42.8 Å². The first-order chi connectivity index (χ1) is 12.0. The van der Waals surface area contributed by atoms with Gasteiger partial charge in [0.15, 0.2) is 11.0 Å². The van der Waals surface area contributed by atoms with E-state index >= 15 is 0 Å². The fourth-order valence-corrected chi connectivity index (χ4v) is 2.97. The molecule has 0 fully saturated rings. The van der Waals surface area contributed by atoms with Gasteiger partial charge < -0.3 is 9.88 Å². The van der Waals surface area contributed by atoms with E-state index in [-0.39, 0.29) is 17.5 Å². The molecule has 0 bridgehead atoms. The second kappa shape index (κ2) is 7.48. The number of nitrogens with zero attached hydrogens (tertiary/aromatic N) is 3. The number of aromatic nitrogens is 3. The summed E-state index contributed by atoms with van der Waals surface area (Å²) in [6.45, 7) is 2.03. The van der Waals surface area contributed by atoms with Gasteiger partial charge in [-0.2, -0.15) is 0 Å². The van der Waals surface area contributed by atoms with Gasteiger partial charge >= 0.3 is 0 Å². The Morgan fingerprint density at radius 1 is 1.12 bits per heavy atom. The number of carbonyl (C=O) groups is 1. The molecule has 3 aromatic rings. The molecule has 0 unspecified atom stereocenters. The van der Waals surface area contributed by atoms with Gasteiger partial charge in [0.1, 0.15) is 5.82 Å². The number of carbonyl (C=O) groups excluding carboxylic acids is 1. The molecule has 1 N–H and O–H groups in total. The molecule has 0 aliphatic heterocycles. The predicted molar refractivity (Wildman–Crippen MR) is 96.9 cm³/mol. The molecule has 1 amide bonds. The zero-order valence-electron chi connectivity index (χ0n) is 13.9. The molecule has 0 aliphatic rings. The highest BCUT2D eigenvalue weighted by Crippen LogP contribution is 2.23. The Kier molecular flexibility index (Phi) is 5.14. The van der Waals surface area contributed by atoms with Crippen LogP contribution in [-0.4, -0.2) is 26.4 Å². The number of nitrogens with one attached hydrogen (secondary N) is 1. The van der Waals surface area contributed by atoms with Crippen LogP contribution in [0.25, 0.3) is 11.4 Å². The largest absolute Gasteiger partial charge is 0.325 e. The molecule has 5 nitrogen and oxygen atoms in total. The van der Waals surface area contributed by atoms with Crippen molar-refractivity contribution in [2.24, 2.45) is 7.05 Å². The second-order valence-corrected chi connectivity index (χ2v) is 6.52. The van der Waals surface area contributed by atoms with E-state index in [0.717, 1.165) is 11.4 Å². The normalized spacial score (nSPS) is 10.7. The number of thioether (sulfide) groups is 1. The van der Waals surface area contributed by atoms with Crippen molar-refractivity contribution in [1.29, 1.82) is 0 Å². The molecule has 0 atom stereocenters. The number of rotatable bonds is 5. The maximum Gasteiger partial charge on any atom is 0.234 e. The first-order valence-corrected chi connectivity index (χ1v) is 8.66. The molecule has 2 aromatic carbocycles. The average Bonchev–Trinajstić information content (AvgIpc) is 2.97. The average molecular weight is 356 g/mol. The second-order valence-electron chi connectivity index (χ2n) is 5.57. The van der Waals surface area contributed by atoms with Crippen LogP contribution in [0.2, 0.25) is 0 Å². The van der Waals surface area contributed by atoms with E-state index in [0.29, 0.717) is 10.8 Å². The van der Waals surface area contributed by atoms with Crippen LogP contribution in [0, 0.1) is 12.7 Å². The lowest BCUT2D eigenvalue weighted by Crippen LogP contribution is -2.14. The van der Waals surface area contributed by atoms with Crippen molar-refractivity contribution in [1.82, 2.24) is 14.8 Å². The molecule has 0 radical (unpaired) electrons. The Hall–Kier alpha value is -2.67. The van der Waals surface area contributed by atoms with Crippen molar-refractivity contribution < 1.29 is 9.18 Å². The van der Waals surface area contributed by atoms with Crippen molar-refractivity contribution >= 4 is 23.4 Å². The van der Waals surface area contributed by atoms with Crippen molar-refractivity contribution in [3.8, 4) is 11.4 Å². The Balaban J connectivity index is 1.62. The minimum Gasteiger partial charge on any atom is -0.325 e.